The highest BCUT2D eigenvalue weighted by Gasteiger charge is 2.17. The van der Waals surface area contributed by atoms with Gasteiger partial charge in [-0.05, 0) is 105 Å². The number of benzene rings is 11. The summed E-state index contributed by atoms with van der Waals surface area (Å²) in [6, 6.07) is 83.0. The van der Waals surface area contributed by atoms with E-state index in [0.717, 1.165) is 39.2 Å². The van der Waals surface area contributed by atoms with Gasteiger partial charge in [-0.3, -0.25) is 0 Å². The zero-order chi connectivity index (χ0) is 41.0. The maximum absolute atomic E-state index is 5.18. The van der Waals surface area contributed by atoms with Crippen molar-refractivity contribution in [1.29, 1.82) is 0 Å². The number of hydrogen-bond donors (Lipinski definition) is 0. The molecule has 0 aliphatic heterocycles. The van der Waals surface area contributed by atoms with Crippen LogP contribution in [0.25, 0.3) is 121 Å². The van der Waals surface area contributed by atoms with Crippen LogP contribution in [0.1, 0.15) is 0 Å². The summed E-state index contributed by atoms with van der Waals surface area (Å²) < 4.78 is 0. The Hall–Kier alpha value is -8.20. The van der Waals surface area contributed by atoms with E-state index in [2.05, 4.69) is 212 Å². The van der Waals surface area contributed by atoms with Crippen LogP contribution in [0.2, 0.25) is 0 Å². The summed E-state index contributed by atoms with van der Waals surface area (Å²) in [4.78, 5) is 10.3. The van der Waals surface area contributed by atoms with Gasteiger partial charge < -0.3 is 0 Å². The van der Waals surface area contributed by atoms with Gasteiger partial charge in [-0.2, -0.15) is 0 Å². The average molecular weight is 787 g/mol. The molecule has 0 amide bonds. The van der Waals surface area contributed by atoms with Crippen LogP contribution < -0.4 is 0 Å². The van der Waals surface area contributed by atoms with Crippen LogP contribution in [-0.4, -0.2) is 9.97 Å². The molecule has 0 atom stereocenters. The van der Waals surface area contributed by atoms with Crippen molar-refractivity contribution in [3.63, 3.8) is 0 Å². The van der Waals surface area contributed by atoms with Crippen LogP contribution in [-0.2, 0) is 0 Å². The Morgan fingerprint density at radius 3 is 1.55 bits per heavy atom. The predicted molar refractivity (Wildman–Crippen MR) is 262 cm³/mol. The molecule has 0 aliphatic carbocycles. The standard InChI is InChI=1S/C60H38N2/c1-2-16-43(17-3-1)60-61-57(38-58(62-60)46-21-12-20-44(36-46)49-27-13-19-39-14-4-7-22-47(39)49)42-30-28-41(29-31-42)50-34-35-54(53-26-11-10-25-52(50)53)59-51-24-9-6-18-45(51)37-56-48-23-8-5-15-40(48)32-33-55(56)59/h1-38H. The summed E-state index contributed by atoms with van der Waals surface area (Å²) >= 11 is 0. The minimum Gasteiger partial charge on any atom is -0.228 e. The first-order valence-corrected chi connectivity index (χ1v) is 21.2. The van der Waals surface area contributed by atoms with Crippen LogP contribution >= 0.6 is 0 Å². The molecule has 1 aromatic heterocycles. The van der Waals surface area contributed by atoms with E-state index in [0.29, 0.717) is 5.82 Å². The Labute approximate surface area is 360 Å². The second kappa shape index (κ2) is 14.8. The molecule has 0 bridgehead atoms. The monoisotopic (exact) mass is 786 g/mol. The normalized spacial score (nSPS) is 11.5. The fourth-order valence-electron chi connectivity index (χ4n) is 9.48. The smallest absolute Gasteiger partial charge is 0.160 e. The van der Waals surface area contributed by atoms with Gasteiger partial charge in [-0.25, -0.2) is 9.97 Å². The molecule has 0 spiro atoms. The molecule has 0 fully saturated rings. The van der Waals surface area contributed by atoms with E-state index >= 15 is 0 Å². The molecular weight excluding hydrogens is 749 g/mol. The van der Waals surface area contributed by atoms with Crippen LogP contribution in [0.5, 0.6) is 0 Å². The lowest BCUT2D eigenvalue weighted by Crippen LogP contribution is -1.96. The molecule has 1 heterocycles. The molecule has 0 aliphatic rings. The fourth-order valence-corrected chi connectivity index (χ4v) is 9.48. The summed E-state index contributed by atoms with van der Waals surface area (Å²) in [5.41, 5.74) is 12.1. The third-order valence-electron chi connectivity index (χ3n) is 12.5. The summed E-state index contributed by atoms with van der Waals surface area (Å²) in [6.45, 7) is 0. The number of hydrogen-bond acceptors (Lipinski definition) is 2. The van der Waals surface area contributed by atoms with E-state index in [1.165, 1.54) is 76.1 Å². The van der Waals surface area contributed by atoms with E-state index in [9.17, 15) is 0 Å². The molecule has 0 N–H and O–H groups in total. The van der Waals surface area contributed by atoms with Gasteiger partial charge in [-0.15, -0.1) is 0 Å². The number of fused-ring (bicyclic) bond motifs is 6. The Morgan fingerprint density at radius 2 is 0.758 bits per heavy atom. The highest BCUT2D eigenvalue weighted by Crippen LogP contribution is 2.44. The van der Waals surface area contributed by atoms with Gasteiger partial charge in [0, 0.05) is 16.7 Å². The Kier molecular flexibility index (Phi) is 8.53. The van der Waals surface area contributed by atoms with Gasteiger partial charge in [0.2, 0.25) is 0 Å². The van der Waals surface area contributed by atoms with Gasteiger partial charge in [0.1, 0.15) is 0 Å². The molecule has 0 saturated carbocycles. The van der Waals surface area contributed by atoms with Crippen LogP contribution in [0.4, 0.5) is 0 Å². The Bertz CT molecular complexity index is 3680. The minimum absolute atomic E-state index is 0.702. The summed E-state index contributed by atoms with van der Waals surface area (Å²) in [5, 5.41) is 12.5. The molecule has 12 rings (SSSR count). The van der Waals surface area contributed by atoms with E-state index in [1.54, 1.807) is 0 Å². The molecule has 2 nitrogen and oxygen atoms in total. The van der Waals surface area contributed by atoms with Gasteiger partial charge in [-0.1, -0.05) is 212 Å². The van der Waals surface area contributed by atoms with Gasteiger partial charge in [0.05, 0.1) is 11.4 Å². The van der Waals surface area contributed by atoms with Crippen molar-refractivity contribution >= 4 is 53.9 Å². The first-order valence-electron chi connectivity index (χ1n) is 21.2. The maximum Gasteiger partial charge on any atom is 0.160 e. The number of rotatable bonds is 6. The predicted octanol–water partition coefficient (Wildman–Crippen LogP) is 16.2. The Balaban J connectivity index is 0.965. The third-order valence-corrected chi connectivity index (χ3v) is 12.5. The molecule has 12 aromatic rings. The summed E-state index contributed by atoms with van der Waals surface area (Å²) in [7, 11) is 0. The SMILES string of the molecule is c1ccc(-c2nc(-c3ccc(-c4ccc(-c5c6ccccc6cc6c5ccc5ccccc56)c5ccccc45)cc3)cc(-c3cccc(-c4cccc5ccccc45)c3)n2)cc1. The topological polar surface area (TPSA) is 25.8 Å². The first-order chi connectivity index (χ1) is 30.7. The summed E-state index contributed by atoms with van der Waals surface area (Å²) in [6.07, 6.45) is 0. The molecule has 0 saturated heterocycles. The zero-order valence-electron chi connectivity index (χ0n) is 33.8. The van der Waals surface area contributed by atoms with E-state index in [1.807, 2.05) is 18.2 Å². The third kappa shape index (κ3) is 6.12. The van der Waals surface area contributed by atoms with Crippen molar-refractivity contribution in [2.45, 2.75) is 0 Å². The molecule has 2 heteroatoms. The van der Waals surface area contributed by atoms with Crippen LogP contribution in [0.15, 0.2) is 231 Å². The largest absolute Gasteiger partial charge is 0.228 e. The van der Waals surface area contributed by atoms with Crippen molar-refractivity contribution < 1.29 is 0 Å². The van der Waals surface area contributed by atoms with Crippen molar-refractivity contribution in [1.82, 2.24) is 9.97 Å². The quantitative estimate of drug-likeness (QED) is 0.124. The second-order valence-electron chi connectivity index (χ2n) is 16.1. The maximum atomic E-state index is 5.18. The van der Waals surface area contributed by atoms with Crippen molar-refractivity contribution in [2.75, 3.05) is 0 Å². The fraction of sp³-hybridized carbons (Fsp3) is 0. The first kappa shape index (κ1) is 35.7. The lowest BCUT2D eigenvalue weighted by atomic mass is 9.86. The molecule has 62 heavy (non-hydrogen) atoms. The molecule has 0 radical (unpaired) electrons. The second-order valence-corrected chi connectivity index (χ2v) is 16.1. The van der Waals surface area contributed by atoms with E-state index in [-0.39, 0.29) is 0 Å². The number of nitrogens with zero attached hydrogens (tertiary/aromatic N) is 2. The molecule has 288 valence electrons. The highest BCUT2D eigenvalue weighted by atomic mass is 14.9. The van der Waals surface area contributed by atoms with E-state index < -0.39 is 0 Å². The lowest BCUT2D eigenvalue weighted by molar-refractivity contribution is 1.18. The number of aromatic nitrogens is 2. The van der Waals surface area contributed by atoms with Crippen LogP contribution in [0.3, 0.4) is 0 Å². The van der Waals surface area contributed by atoms with Crippen molar-refractivity contribution in [3.05, 3.63) is 231 Å². The molecule has 0 unspecified atom stereocenters. The van der Waals surface area contributed by atoms with E-state index in [4.69, 9.17) is 9.97 Å². The summed E-state index contributed by atoms with van der Waals surface area (Å²) in [5.74, 6) is 0.702. The van der Waals surface area contributed by atoms with Crippen molar-refractivity contribution in [3.8, 4) is 67.3 Å². The lowest BCUT2D eigenvalue weighted by Gasteiger charge is -2.17. The molecule has 11 aromatic carbocycles. The minimum atomic E-state index is 0.702. The highest BCUT2D eigenvalue weighted by molar-refractivity contribution is 6.23. The van der Waals surface area contributed by atoms with Gasteiger partial charge in [0.25, 0.3) is 0 Å². The Morgan fingerprint density at radius 1 is 0.226 bits per heavy atom. The van der Waals surface area contributed by atoms with Crippen molar-refractivity contribution in [2.24, 2.45) is 0 Å². The van der Waals surface area contributed by atoms with Gasteiger partial charge in [0.15, 0.2) is 5.82 Å². The van der Waals surface area contributed by atoms with Gasteiger partial charge >= 0.3 is 0 Å². The average Bonchev–Trinajstić information content (AvgIpc) is 3.35. The van der Waals surface area contributed by atoms with Crippen LogP contribution in [0, 0.1) is 0 Å². The molecular formula is C60H38N2. The zero-order valence-corrected chi connectivity index (χ0v) is 33.8.